The van der Waals surface area contributed by atoms with Crippen LogP contribution in [0.1, 0.15) is 24.0 Å². The zero-order valence-corrected chi connectivity index (χ0v) is 14.7. The van der Waals surface area contributed by atoms with Crippen LogP contribution in [-0.4, -0.2) is 29.1 Å². The maximum Gasteiger partial charge on any atom is 0.348 e. The lowest BCUT2D eigenvalue weighted by Crippen LogP contribution is -2.17. The lowest BCUT2D eigenvalue weighted by atomic mass is 10.1. The third kappa shape index (κ3) is 2.39. The van der Waals surface area contributed by atoms with Gasteiger partial charge in [0, 0.05) is 12.6 Å². The Balaban J connectivity index is 0.00000196. The summed E-state index contributed by atoms with van der Waals surface area (Å²) in [6, 6.07) is 5.39. The van der Waals surface area contributed by atoms with Crippen LogP contribution < -0.4 is 11.2 Å². The van der Waals surface area contributed by atoms with Gasteiger partial charge in [0.05, 0.1) is 28.0 Å². The van der Waals surface area contributed by atoms with E-state index in [-0.39, 0.29) is 18.1 Å². The molecule has 3 heterocycles. The van der Waals surface area contributed by atoms with Crippen molar-refractivity contribution in [2.75, 3.05) is 0 Å². The molecule has 2 N–H and O–H groups in total. The van der Waals surface area contributed by atoms with Crippen LogP contribution in [0, 0.1) is 18.3 Å². The smallest absolute Gasteiger partial charge is 0.317 e. The molecule has 132 valence electrons. The summed E-state index contributed by atoms with van der Waals surface area (Å²) >= 11 is 0. The summed E-state index contributed by atoms with van der Waals surface area (Å²) in [6.07, 6.45) is 2.52. The van der Waals surface area contributed by atoms with Gasteiger partial charge in [0.15, 0.2) is 0 Å². The van der Waals surface area contributed by atoms with E-state index in [4.69, 9.17) is 0 Å². The third-order valence-corrected chi connectivity index (χ3v) is 4.07. The number of halogens is 1. The van der Waals surface area contributed by atoms with Gasteiger partial charge in [0.1, 0.15) is 11.9 Å². The normalized spacial score (nSPS) is 10.8. The lowest BCUT2D eigenvalue weighted by molar-refractivity contribution is 0.888. The van der Waals surface area contributed by atoms with Crippen LogP contribution in [0.15, 0.2) is 27.9 Å². The maximum absolute atomic E-state index is 12.1. The Morgan fingerprint density at radius 1 is 1.31 bits per heavy atom. The summed E-state index contributed by atoms with van der Waals surface area (Å²) in [5.41, 5.74) is 1.58. The fourth-order valence-electron chi connectivity index (χ4n) is 3.01. The van der Waals surface area contributed by atoms with Gasteiger partial charge in [-0.3, -0.25) is 4.79 Å². The van der Waals surface area contributed by atoms with E-state index in [0.29, 0.717) is 28.7 Å². The zero-order valence-electron chi connectivity index (χ0n) is 13.9. The topological polar surface area (TPSA) is 125 Å². The molecule has 0 spiro atoms. The fraction of sp³-hybridized carbons (Fsp3) is 0.188. The van der Waals surface area contributed by atoms with Crippen molar-refractivity contribution in [3.63, 3.8) is 0 Å². The molecule has 26 heavy (non-hydrogen) atoms. The standard InChI is InChI=1S/C16H13N7O2.ClH/c1-3-13-18-8(2)7-22(13)11-5-12-10(4-9(11)6-17)19-15(24)14-20-21-16(25)23(12)14;/h4-5,7H,3H2,1-2H3,(H,19,24)(H,21,25);1H. The average Bonchev–Trinajstić information content (AvgIpc) is 3.17. The second kappa shape index (κ2) is 6.16. The van der Waals surface area contributed by atoms with E-state index < -0.39 is 11.2 Å². The van der Waals surface area contributed by atoms with Crippen LogP contribution in [0.4, 0.5) is 0 Å². The van der Waals surface area contributed by atoms with Gasteiger partial charge >= 0.3 is 5.69 Å². The molecule has 0 saturated carbocycles. The van der Waals surface area contributed by atoms with Crippen LogP contribution in [0.25, 0.3) is 22.4 Å². The van der Waals surface area contributed by atoms with Crippen molar-refractivity contribution in [1.29, 1.82) is 5.26 Å². The summed E-state index contributed by atoms with van der Waals surface area (Å²) in [7, 11) is 0. The van der Waals surface area contributed by atoms with Crippen molar-refractivity contribution in [3.8, 4) is 11.8 Å². The molecule has 0 aliphatic rings. The van der Waals surface area contributed by atoms with Crippen LogP contribution in [-0.2, 0) is 6.42 Å². The van der Waals surface area contributed by atoms with E-state index in [0.717, 1.165) is 11.5 Å². The number of imidazole rings is 1. The van der Waals surface area contributed by atoms with E-state index >= 15 is 0 Å². The van der Waals surface area contributed by atoms with Crippen molar-refractivity contribution in [3.05, 3.63) is 56.2 Å². The Morgan fingerprint density at radius 3 is 2.77 bits per heavy atom. The number of nitrogens with one attached hydrogen (secondary N) is 2. The zero-order chi connectivity index (χ0) is 17.7. The van der Waals surface area contributed by atoms with Gasteiger partial charge in [-0.25, -0.2) is 19.3 Å². The van der Waals surface area contributed by atoms with Gasteiger partial charge in [0.25, 0.3) is 5.56 Å². The van der Waals surface area contributed by atoms with Crippen molar-refractivity contribution >= 4 is 29.1 Å². The molecular weight excluding hydrogens is 358 g/mol. The first-order valence-corrected chi connectivity index (χ1v) is 7.66. The highest BCUT2D eigenvalue weighted by atomic mass is 35.5. The van der Waals surface area contributed by atoms with Crippen molar-refractivity contribution in [2.24, 2.45) is 0 Å². The molecule has 0 amide bonds. The largest absolute Gasteiger partial charge is 0.348 e. The SMILES string of the molecule is CCc1nc(C)cn1-c1cc2c(cc1C#N)[nH]c(=O)c1n[nH]c(=O)n12.Cl. The van der Waals surface area contributed by atoms with Crippen LogP contribution in [0.3, 0.4) is 0 Å². The van der Waals surface area contributed by atoms with Gasteiger partial charge in [-0.2, -0.15) is 5.26 Å². The number of benzene rings is 1. The summed E-state index contributed by atoms with van der Waals surface area (Å²) in [6.45, 7) is 3.85. The Bertz CT molecular complexity index is 1300. The minimum Gasteiger partial charge on any atom is -0.317 e. The summed E-state index contributed by atoms with van der Waals surface area (Å²) < 4.78 is 3.03. The second-order valence-electron chi connectivity index (χ2n) is 5.66. The number of aromatic amines is 2. The third-order valence-electron chi connectivity index (χ3n) is 4.07. The number of hydrogen-bond acceptors (Lipinski definition) is 5. The molecule has 4 aromatic rings. The van der Waals surface area contributed by atoms with E-state index in [9.17, 15) is 14.9 Å². The first-order chi connectivity index (χ1) is 12.0. The highest BCUT2D eigenvalue weighted by Crippen LogP contribution is 2.23. The average molecular weight is 372 g/mol. The van der Waals surface area contributed by atoms with Crippen LogP contribution in [0.2, 0.25) is 0 Å². The number of rotatable bonds is 2. The van der Waals surface area contributed by atoms with Crippen LogP contribution >= 0.6 is 12.4 Å². The number of aromatic nitrogens is 6. The molecule has 0 aliphatic heterocycles. The number of aryl methyl sites for hydroxylation is 2. The van der Waals surface area contributed by atoms with Crippen molar-refractivity contribution in [2.45, 2.75) is 20.3 Å². The van der Waals surface area contributed by atoms with E-state index in [1.54, 1.807) is 12.1 Å². The van der Waals surface area contributed by atoms with Gasteiger partial charge in [0.2, 0.25) is 5.65 Å². The quantitative estimate of drug-likeness (QED) is 0.548. The molecule has 0 fully saturated rings. The van der Waals surface area contributed by atoms with E-state index in [1.807, 2.05) is 24.6 Å². The van der Waals surface area contributed by atoms with Gasteiger partial charge < -0.3 is 9.55 Å². The summed E-state index contributed by atoms with van der Waals surface area (Å²) in [4.78, 5) is 31.3. The Morgan fingerprint density at radius 2 is 2.08 bits per heavy atom. The summed E-state index contributed by atoms with van der Waals surface area (Å²) in [5, 5.41) is 15.6. The van der Waals surface area contributed by atoms with E-state index in [1.165, 1.54) is 4.40 Å². The molecule has 0 bridgehead atoms. The molecule has 4 rings (SSSR count). The molecule has 0 radical (unpaired) electrons. The predicted molar refractivity (Wildman–Crippen MR) is 97.1 cm³/mol. The number of fused-ring (bicyclic) bond motifs is 3. The van der Waals surface area contributed by atoms with Gasteiger partial charge in [-0.05, 0) is 19.1 Å². The molecule has 9 nitrogen and oxygen atoms in total. The number of H-pyrrole nitrogens is 2. The Kier molecular flexibility index (Phi) is 4.13. The highest BCUT2D eigenvalue weighted by molar-refractivity contribution is 5.85. The first-order valence-electron chi connectivity index (χ1n) is 7.66. The molecule has 0 atom stereocenters. The molecular formula is C16H14ClN7O2. The molecule has 10 heteroatoms. The molecule has 3 aromatic heterocycles. The maximum atomic E-state index is 12.1. The first kappa shape index (κ1) is 17.4. The van der Waals surface area contributed by atoms with Crippen molar-refractivity contribution < 1.29 is 0 Å². The Hall–Kier alpha value is -3.38. The van der Waals surface area contributed by atoms with Crippen molar-refractivity contribution in [1.82, 2.24) is 29.1 Å². The number of nitrogens with zero attached hydrogens (tertiary/aromatic N) is 5. The second-order valence-corrected chi connectivity index (χ2v) is 5.66. The minimum atomic E-state index is -0.515. The molecule has 0 saturated heterocycles. The predicted octanol–water partition coefficient (Wildman–Crippen LogP) is 1.21. The van der Waals surface area contributed by atoms with Gasteiger partial charge in [-0.1, -0.05) is 6.92 Å². The molecule has 0 unspecified atom stereocenters. The molecule has 1 aromatic carbocycles. The van der Waals surface area contributed by atoms with Gasteiger partial charge in [-0.15, -0.1) is 17.5 Å². The Labute approximate surface area is 152 Å². The van der Waals surface area contributed by atoms with Crippen LogP contribution in [0.5, 0.6) is 0 Å². The number of nitriles is 1. The fourth-order valence-corrected chi connectivity index (χ4v) is 3.01. The van der Waals surface area contributed by atoms with E-state index in [2.05, 4.69) is 26.2 Å². The molecule has 0 aliphatic carbocycles. The lowest BCUT2D eigenvalue weighted by Gasteiger charge is -2.10. The highest BCUT2D eigenvalue weighted by Gasteiger charge is 2.16. The summed E-state index contributed by atoms with van der Waals surface area (Å²) in [5.74, 6) is 0.800. The monoisotopic (exact) mass is 371 g/mol. The minimum absolute atomic E-state index is 0. The number of hydrogen-bond donors (Lipinski definition) is 2.